The number of furan rings is 1. The molecule has 1 unspecified atom stereocenters. The predicted octanol–water partition coefficient (Wildman–Crippen LogP) is 3.60. The van der Waals surface area contributed by atoms with Crippen LogP contribution in [0.5, 0.6) is 0 Å². The molecule has 0 saturated carbocycles. The molecule has 3 aromatic rings. The molecule has 5 heteroatoms. The fraction of sp³-hybridized carbons (Fsp3) is 0.294. The average molecular weight is 297 g/mol. The summed E-state index contributed by atoms with van der Waals surface area (Å²) in [6, 6.07) is 11.3. The van der Waals surface area contributed by atoms with Crippen LogP contribution in [0.15, 0.2) is 40.8 Å². The van der Waals surface area contributed by atoms with Gasteiger partial charge >= 0.3 is 0 Å². The van der Waals surface area contributed by atoms with Gasteiger partial charge in [-0.05, 0) is 31.5 Å². The smallest absolute Gasteiger partial charge is 0.272 e. The van der Waals surface area contributed by atoms with E-state index in [0.29, 0.717) is 5.69 Å². The normalized spacial score (nSPS) is 12.5. The summed E-state index contributed by atoms with van der Waals surface area (Å²) in [4.78, 5) is 12.2. The zero-order valence-electron chi connectivity index (χ0n) is 12.7. The van der Waals surface area contributed by atoms with E-state index >= 15 is 0 Å². The van der Waals surface area contributed by atoms with E-state index in [9.17, 15) is 4.79 Å². The number of rotatable bonds is 5. The van der Waals surface area contributed by atoms with Gasteiger partial charge in [0.05, 0.1) is 6.04 Å². The minimum absolute atomic E-state index is 0.202. The summed E-state index contributed by atoms with van der Waals surface area (Å²) in [7, 11) is 0. The first-order chi connectivity index (χ1) is 10.7. The molecule has 1 atom stereocenters. The van der Waals surface area contributed by atoms with Crippen LogP contribution in [0.4, 0.5) is 0 Å². The third-order valence-corrected chi connectivity index (χ3v) is 3.60. The second kappa shape index (κ2) is 6.05. The number of amides is 1. The van der Waals surface area contributed by atoms with Crippen LogP contribution in [0, 0.1) is 0 Å². The van der Waals surface area contributed by atoms with Crippen LogP contribution >= 0.6 is 0 Å². The van der Waals surface area contributed by atoms with Crippen molar-refractivity contribution in [2.75, 3.05) is 0 Å². The van der Waals surface area contributed by atoms with Crippen molar-refractivity contribution in [2.24, 2.45) is 0 Å². The fourth-order valence-electron chi connectivity index (χ4n) is 2.43. The summed E-state index contributed by atoms with van der Waals surface area (Å²) >= 11 is 0. The third-order valence-electron chi connectivity index (χ3n) is 3.60. The number of nitrogens with zero attached hydrogens (tertiary/aromatic N) is 1. The molecule has 0 aliphatic carbocycles. The van der Waals surface area contributed by atoms with E-state index < -0.39 is 0 Å². The number of nitrogens with one attached hydrogen (secondary N) is 2. The van der Waals surface area contributed by atoms with E-state index in [1.807, 2.05) is 37.3 Å². The van der Waals surface area contributed by atoms with Crippen LogP contribution < -0.4 is 5.32 Å². The highest BCUT2D eigenvalue weighted by Gasteiger charge is 2.17. The van der Waals surface area contributed by atoms with E-state index in [1.165, 1.54) is 0 Å². The first-order valence-electron chi connectivity index (χ1n) is 7.51. The van der Waals surface area contributed by atoms with Gasteiger partial charge in [0.25, 0.3) is 5.91 Å². The van der Waals surface area contributed by atoms with Crippen molar-refractivity contribution in [3.63, 3.8) is 0 Å². The molecule has 1 amide bonds. The van der Waals surface area contributed by atoms with Crippen LogP contribution in [-0.4, -0.2) is 16.1 Å². The quantitative estimate of drug-likeness (QED) is 0.756. The van der Waals surface area contributed by atoms with Gasteiger partial charge in [-0.2, -0.15) is 5.10 Å². The van der Waals surface area contributed by atoms with Crippen molar-refractivity contribution in [3.05, 3.63) is 53.5 Å². The predicted molar refractivity (Wildman–Crippen MR) is 84.7 cm³/mol. The summed E-state index contributed by atoms with van der Waals surface area (Å²) in [6.45, 7) is 3.99. The van der Waals surface area contributed by atoms with Gasteiger partial charge in [0.15, 0.2) is 0 Å². The van der Waals surface area contributed by atoms with Crippen molar-refractivity contribution in [2.45, 2.75) is 32.7 Å². The Balaban J connectivity index is 1.72. The number of aromatic amines is 1. The zero-order chi connectivity index (χ0) is 15.5. The number of hydrogen-bond donors (Lipinski definition) is 2. The number of aryl methyl sites for hydroxylation is 1. The van der Waals surface area contributed by atoms with Gasteiger partial charge in [0, 0.05) is 11.1 Å². The van der Waals surface area contributed by atoms with E-state index in [2.05, 4.69) is 22.4 Å². The number of benzene rings is 1. The van der Waals surface area contributed by atoms with Gasteiger partial charge < -0.3 is 9.73 Å². The van der Waals surface area contributed by atoms with Gasteiger partial charge in [-0.1, -0.05) is 31.5 Å². The summed E-state index contributed by atoms with van der Waals surface area (Å²) < 4.78 is 5.77. The Morgan fingerprint density at radius 2 is 2.18 bits per heavy atom. The Kier molecular flexibility index (Phi) is 3.96. The Bertz CT molecular complexity index is 755. The molecule has 0 aliphatic heterocycles. The second-order valence-electron chi connectivity index (χ2n) is 5.41. The number of para-hydroxylation sites is 1. The Hall–Kier alpha value is -2.56. The molecule has 0 aliphatic rings. The van der Waals surface area contributed by atoms with E-state index in [0.717, 1.165) is 35.3 Å². The molecule has 1 aromatic carbocycles. The average Bonchev–Trinajstić information content (AvgIpc) is 3.13. The van der Waals surface area contributed by atoms with Crippen molar-refractivity contribution in [1.82, 2.24) is 15.5 Å². The monoisotopic (exact) mass is 297 g/mol. The van der Waals surface area contributed by atoms with Gasteiger partial charge in [-0.3, -0.25) is 9.89 Å². The summed E-state index contributed by atoms with van der Waals surface area (Å²) in [5.74, 6) is 0.533. The number of carbonyl (C=O) groups excluding carboxylic acids is 1. The highest BCUT2D eigenvalue weighted by molar-refractivity contribution is 5.92. The van der Waals surface area contributed by atoms with Crippen LogP contribution in [0.25, 0.3) is 11.0 Å². The van der Waals surface area contributed by atoms with E-state index in [-0.39, 0.29) is 11.9 Å². The Morgan fingerprint density at radius 3 is 2.95 bits per heavy atom. The maximum absolute atomic E-state index is 12.2. The molecule has 22 heavy (non-hydrogen) atoms. The fourth-order valence-corrected chi connectivity index (χ4v) is 2.43. The van der Waals surface area contributed by atoms with Gasteiger partial charge in [-0.25, -0.2) is 0 Å². The minimum Gasteiger partial charge on any atom is -0.459 e. The van der Waals surface area contributed by atoms with Crippen molar-refractivity contribution in [1.29, 1.82) is 0 Å². The lowest BCUT2D eigenvalue weighted by atomic mass is 10.2. The van der Waals surface area contributed by atoms with Crippen LogP contribution in [0.2, 0.25) is 0 Å². The molecule has 0 radical (unpaired) electrons. The molecule has 2 N–H and O–H groups in total. The standard InChI is InChI=1S/C17H19N3O2/c1-3-6-13-10-14(20-19-13)17(21)18-11(2)16-9-12-7-4-5-8-15(12)22-16/h4-5,7-11H,3,6H2,1-2H3,(H,18,21)(H,19,20). The van der Waals surface area contributed by atoms with Crippen LogP contribution in [0.1, 0.15) is 48.3 Å². The number of H-pyrrole nitrogens is 1. The van der Waals surface area contributed by atoms with Crippen molar-refractivity contribution >= 4 is 16.9 Å². The van der Waals surface area contributed by atoms with Gasteiger partial charge in [0.1, 0.15) is 17.0 Å². The lowest BCUT2D eigenvalue weighted by Crippen LogP contribution is -2.26. The largest absolute Gasteiger partial charge is 0.459 e. The first kappa shape index (κ1) is 14.4. The highest BCUT2D eigenvalue weighted by Crippen LogP contribution is 2.23. The van der Waals surface area contributed by atoms with Gasteiger partial charge in [-0.15, -0.1) is 0 Å². The SMILES string of the molecule is CCCc1cc(C(=O)NC(C)c2cc3ccccc3o2)n[nH]1. The molecule has 0 fully saturated rings. The lowest BCUT2D eigenvalue weighted by molar-refractivity contribution is 0.0930. The summed E-state index contributed by atoms with van der Waals surface area (Å²) in [5.41, 5.74) is 2.21. The molecule has 3 rings (SSSR count). The van der Waals surface area contributed by atoms with Crippen LogP contribution in [0.3, 0.4) is 0 Å². The molecule has 0 saturated heterocycles. The first-order valence-corrected chi connectivity index (χ1v) is 7.51. The zero-order valence-corrected chi connectivity index (χ0v) is 12.7. The Morgan fingerprint density at radius 1 is 1.36 bits per heavy atom. The number of hydrogen-bond acceptors (Lipinski definition) is 3. The maximum atomic E-state index is 12.2. The van der Waals surface area contributed by atoms with Crippen LogP contribution in [-0.2, 0) is 6.42 Å². The lowest BCUT2D eigenvalue weighted by Gasteiger charge is -2.09. The van der Waals surface area contributed by atoms with Gasteiger partial charge in [0.2, 0.25) is 0 Å². The molecular formula is C17H19N3O2. The molecule has 0 spiro atoms. The molecule has 2 heterocycles. The number of carbonyl (C=O) groups is 1. The molecular weight excluding hydrogens is 278 g/mol. The summed E-state index contributed by atoms with van der Waals surface area (Å²) in [6.07, 6.45) is 1.90. The third kappa shape index (κ3) is 2.88. The minimum atomic E-state index is -0.216. The molecule has 5 nitrogen and oxygen atoms in total. The Labute approximate surface area is 128 Å². The molecule has 0 bridgehead atoms. The molecule has 2 aromatic heterocycles. The summed E-state index contributed by atoms with van der Waals surface area (Å²) in [5, 5.41) is 10.9. The number of fused-ring (bicyclic) bond motifs is 1. The topological polar surface area (TPSA) is 70.9 Å². The van der Waals surface area contributed by atoms with Crippen molar-refractivity contribution in [3.8, 4) is 0 Å². The molecule has 114 valence electrons. The number of aromatic nitrogens is 2. The second-order valence-corrected chi connectivity index (χ2v) is 5.41. The van der Waals surface area contributed by atoms with Crippen molar-refractivity contribution < 1.29 is 9.21 Å². The van der Waals surface area contributed by atoms with E-state index in [1.54, 1.807) is 6.07 Å². The maximum Gasteiger partial charge on any atom is 0.272 e. The highest BCUT2D eigenvalue weighted by atomic mass is 16.3. The van der Waals surface area contributed by atoms with E-state index in [4.69, 9.17) is 4.42 Å².